The lowest BCUT2D eigenvalue weighted by atomic mass is 9.92. The Morgan fingerprint density at radius 3 is 2.76 bits per heavy atom. The normalized spacial score (nSPS) is 27.0. The van der Waals surface area contributed by atoms with Gasteiger partial charge in [0, 0.05) is 41.3 Å². The van der Waals surface area contributed by atoms with Gasteiger partial charge in [-0.05, 0) is 43.5 Å². The molecule has 1 aromatic carbocycles. The van der Waals surface area contributed by atoms with Gasteiger partial charge in [-0.2, -0.15) is 0 Å². The van der Waals surface area contributed by atoms with E-state index in [2.05, 4.69) is 31.0 Å². The summed E-state index contributed by atoms with van der Waals surface area (Å²) in [6.45, 7) is 9.78. The first-order valence-electron chi connectivity index (χ1n) is 7.90. The molecule has 0 aliphatic carbocycles. The van der Waals surface area contributed by atoms with Gasteiger partial charge >= 0.3 is 0 Å². The molecule has 0 amide bonds. The lowest BCUT2D eigenvalue weighted by Gasteiger charge is -2.46. The Kier molecular flexibility index (Phi) is 5.96. The van der Waals surface area contributed by atoms with Crippen molar-refractivity contribution in [2.45, 2.75) is 58.2 Å². The fourth-order valence-electron chi connectivity index (χ4n) is 3.05. The maximum Gasteiger partial charge on any atom is 0.0452 e. The molecular formula is C17H26Cl2N2. The number of hydrogen-bond donors (Lipinski definition) is 1. The van der Waals surface area contributed by atoms with Crippen LogP contribution in [0.5, 0.6) is 0 Å². The molecule has 1 saturated heterocycles. The van der Waals surface area contributed by atoms with E-state index in [-0.39, 0.29) is 5.54 Å². The molecule has 4 heteroatoms. The van der Waals surface area contributed by atoms with Crippen molar-refractivity contribution < 1.29 is 0 Å². The highest BCUT2D eigenvalue weighted by atomic mass is 35.5. The van der Waals surface area contributed by atoms with Gasteiger partial charge in [-0.15, -0.1) is 0 Å². The minimum atomic E-state index is 0.190. The maximum atomic E-state index is 6.34. The van der Waals surface area contributed by atoms with Crippen molar-refractivity contribution in [3.05, 3.63) is 33.8 Å². The van der Waals surface area contributed by atoms with E-state index in [1.165, 1.54) is 12.8 Å². The molecular weight excluding hydrogens is 303 g/mol. The number of rotatable bonds is 5. The second-order valence-corrected chi connectivity index (χ2v) is 7.22. The standard InChI is InChI=1S/C17H26Cl2N2/c1-4-6-15-10-20-17(3,5-2)12-21(15)11-13-9-14(18)7-8-16(13)19/h7-9,15,20H,4-6,10-12H2,1-3H3. The van der Waals surface area contributed by atoms with Gasteiger partial charge in [0.1, 0.15) is 0 Å². The lowest BCUT2D eigenvalue weighted by Crippen LogP contribution is -2.62. The van der Waals surface area contributed by atoms with Gasteiger partial charge in [0.25, 0.3) is 0 Å². The number of benzene rings is 1. The summed E-state index contributed by atoms with van der Waals surface area (Å²) in [6, 6.07) is 6.32. The van der Waals surface area contributed by atoms with Crippen LogP contribution in [0, 0.1) is 0 Å². The first kappa shape index (κ1) is 17.1. The predicted octanol–water partition coefficient (Wildman–Crippen LogP) is 4.74. The molecule has 0 radical (unpaired) electrons. The van der Waals surface area contributed by atoms with Gasteiger partial charge in [-0.25, -0.2) is 0 Å². The second kappa shape index (κ2) is 7.32. The molecule has 2 unspecified atom stereocenters. The molecule has 2 nitrogen and oxygen atoms in total. The van der Waals surface area contributed by atoms with Crippen LogP contribution < -0.4 is 5.32 Å². The Bertz CT molecular complexity index is 478. The van der Waals surface area contributed by atoms with Crippen molar-refractivity contribution in [1.82, 2.24) is 10.2 Å². The Balaban J connectivity index is 2.17. The van der Waals surface area contributed by atoms with E-state index in [9.17, 15) is 0 Å². The fourth-order valence-corrected chi connectivity index (χ4v) is 3.42. The smallest absolute Gasteiger partial charge is 0.0452 e. The monoisotopic (exact) mass is 328 g/mol. The van der Waals surface area contributed by atoms with E-state index < -0.39 is 0 Å². The molecule has 118 valence electrons. The van der Waals surface area contributed by atoms with Crippen LogP contribution in [0.25, 0.3) is 0 Å². The van der Waals surface area contributed by atoms with Crippen LogP contribution in [-0.2, 0) is 6.54 Å². The molecule has 2 rings (SSSR count). The van der Waals surface area contributed by atoms with Crippen LogP contribution in [0.15, 0.2) is 18.2 Å². The first-order chi connectivity index (χ1) is 9.97. The van der Waals surface area contributed by atoms with Crippen LogP contribution in [0.2, 0.25) is 10.0 Å². The van der Waals surface area contributed by atoms with Gasteiger partial charge in [0.05, 0.1) is 0 Å². The highest BCUT2D eigenvalue weighted by Crippen LogP contribution is 2.27. The topological polar surface area (TPSA) is 15.3 Å². The van der Waals surface area contributed by atoms with Gasteiger partial charge < -0.3 is 5.32 Å². The molecule has 0 bridgehead atoms. The summed E-state index contributed by atoms with van der Waals surface area (Å²) in [7, 11) is 0. The fraction of sp³-hybridized carbons (Fsp3) is 0.647. The minimum Gasteiger partial charge on any atom is -0.309 e. The Morgan fingerprint density at radius 2 is 2.10 bits per heavy atom. The third kappa shape index (κ3) is 4.35. The van der Waals surface area contributed by atoms with Crippen LogP contribution in [-0.4, -0.2) is 29.6 Å². The van der Waals surface area contributed by atoms with Crippen LogP contribution in [0.1, 0.15) is 45.6 Å². The third-order valence-corrected chi connectivity index (χ3v) is 5.22. The van der Waals surface area contributed by atoms with Crippen molar-refractivity contribution in [2.24, 2.45) is 0 Å². The summed E-state index contributed by atoms with van der Waals surface area (Å²) in [4.78, 5) is 2.57. The van der Waals surface area contributed by atoms with Crippen molar-refractivity contribution in [2.75, 3.05) is 13.1 Å². The Labute approximate surface area is 138 Å². The van der Waals surface area contributed by atoms with Gasteiger partial charge in [-0.1, -0.05) is 43.5 Å². The van der Waals surface area contributed by atoms with E-state index in [0.29, 0.717) is 6.04 Å². The number of halogens is 2. The lowest BCUT2D eigenvalue weighted by molar-refractivity contribution is 0.0726. The van der Waals surface area contributed by atoms with Gasteiger partial charge in [0.15, 0.2) is 0 Å². The van der Waals surface area contributed by atoms with Gasteiger partial charge in [0.2, 0.25) is 0 Å². The van der Waals surface area contributed by atoms with E-state index >= 15 is 0 Å². The summed E-state index contributed by atoms with van der Waals surface area (Å²) in [5.74, 6) is 0. The number of nitrogens with one attached hydrogen (secondary N) is 1. The highest BCUT2D eigenvalue weighted by Gasteiger charge is 2.34. The molecule has 1 heterocycles. The zero-order valence-corrected chi connectivity index (χ0v) is 14.8. The third-order valence-electron chi connectivity index (χ3n) is 4.62. The molecule has 0 saturated carbocycles. The number of hydrogen-bond acceptors (Lipinski definition) is 2. The minimum absolute atomic E-state index is 0.190. The van der Waals surface area contributed by atoms with Crippen LogP contribution >= 0.6 is 23.2 Å². The Hall–Kier alpha value is -0.280. The molecule has 1 aromatic rings. The summed E-state index contributed by atoms with van der Waals surface area (Å²) in [6.07, 6.45) is 3.55. The van der Waals surface area contributed by atoms with Crippen molar-refractivity contribution in [3.63, 3.8) is 0 Å². The quantitative estimate of drug-likeness (QED) is 0.840. The van der Waals surface area contributed by atoms with E-state index in [1.54, 1.807) is 0 Å². The summed E-state index contributed by atoms with van der Waals surface area (Å²) >= 11 is 12.5. The largest absolute Gasteiger partial charge is 0.309 e. The maximum absolute atomic E-state index is 6.34. The number of nitrogens with zero attached hydrogens (tertiary/aromatic N) is 1. The van der Waals surface area contributed by atoms with Crippen LogP contribution in [0.4, 0.5) is 0 Å². The van der Waals surface area contributed by atoms with E-state index in [0.717, 1.165) is 41.7 Å². The van der Waals surface area contributed by atoms with Gasteiger partial charge in [-0.3, -0.25) is 4.90 Å². The number of piperazine rings is 1. The molecule has 21 heavy (non-hydrogen) atoms. The summed E-state index contributed by atoms with van der Waals surface area (Å²) < 4.78 is 0. The molecule has 2 atom stereocenters. The van der Waals surface area contributed by atoms with Crippen LogP contribution in [0.3, 0.4) is 0 Å². The van der Waals surface area contributed by atoms with E-state index in [4.69, 9.17) is 23.2 Å². The molecule has 1 aliphatic rings. The molecule has 1 N–H and O–H groups in total. The first-order valence-corrected chi connectivity index (χ1v) is 8.66. The predicted molar refractivity (Wildman–Crippen MR) is 92.3 cm³/mol. The zero-order chi connectivity index (χ0) is 15.5. The average Bonchev–Trinajstić information content (AvgIpc) is 2.46. The summed E-state index contributed by atoms with van der Waals surface area (Å²) in [5, 5.41) is 5.29. The van der Waals surface area contributed by atoms with Crippen molar-refractivity contribution in [3.8, 4) is 0 Å². The molecule has 1 aliphatic heterocycles. The highest BCUT2D eigenvalue weighted by molar-refractivity contribution is 6.33. The summed E-state index contributed by atoms with van der Waals surface area (Å²) in [5.41, 5.74) is 1.32. The second-order valence-electron chi connectivity index (χ2n) is 6.38. The molecule has 0 spiro atoms. The molecule has 0 aromatic heterocycles. The van der Waals surface area contributed by atoms with Crippen molar-refractivity contribution in [1.29, 1.82) is 0 Å². The zero-order valence-electron chi connectivity index (χ0n) is 13.3. The van der Waals surface area contributed by atoms with Crippen molar-refractivity contribution >= 4 is 23.2 Å². The average molecular weight is 329 g/mol. The molecule has 1 fully saturated rings. The van der Waals surface area contributed by atoms with E-state index in [1.807, 2.05) is 18.2 Å². The Morgan fingerprint density at radius 1 is 1.33 bits per heavy atom. The SMILES string of the molecule is CCCC1CNC(C)(CC)CN1Cc1cc(Cl)ccc1Cl.